The van der Waals surface area contributed by atoms with Crippen LogP contribution in [0.5, 0.6) is 5.88 Å². The molecule has 1 aromatic carbocycles. The molecule has 0 amide bonds. The van der Waals surface area contributed by atoms with Gasteiger partial charge in [0.15, 0.2) is 0 Å². The van der Waals surface area contributed by atoms with Gasteiger partial charge in [-0.05, 0) is 13.0 Å². The van der Waals surface area contributed by atoms with Crippen molar-refractivity contribution in [3.63, 3.8) is 0 Å². The van der Waals surface area contributed by atoms with Gasteiger partial charge in [0, 0.05) is 17.3 Å². The average Bonchev–Trinajstić information content (AvgIpc) is 2.29. The maximum Gasteiger partial charge on any atom is 0.215 e. The van der Waals surface area contributed by atoms with Crippen LogP contribution in [0.3, 0.4) is 0 Å². The summed E-state index contributed by atoms with van der Waals surface area (Å²) in [6, 6.07) is 11.7. The third kappa shape index (κ3) is 2.14. The van der Waals surface area contributed by atoms with Gasteiger partial charge in [-0.3, -0.25) is 0 Å². The topological polar surface area (TPSA) is 48.1 Å². The number of aryl methyl sites for hydroxylation is 1. The average molecular weight is 214 g/mol. The summed E-state index contributed by atoms with van der Waals surface area (Å²) in [4.78, 5) is 4.35. The van der Waals surface area contributed by atoms with Crippen molar-refractivity contribution >= 4 is 5.69 Å². The molecule has 0 bridgehead atoms. The molecule has 2 rings (SSSR count). The second-order valence-electron chi connectivity index (χ2n) is 3.69. The Morgan fingerprint density at radius 1 is 1.12 bits per heavy atom. The monoisotopic (exact) mass is 214 g/mol. The number of nitrogens with two attached hydrogens (primary N) is 1. The number of pyridine rings is 1. The number of hydrogen-bond donors (Lipinski definition) is 1. The van der Waals surface area contributed by atoms with Gasteiger partial charge in [-0.2, -0.15) is 0 Å². The molecule has 0 spiro atoms. The van der Waals surface area contributed by atoms with Crippen LogP contribution in [0.1, 0.15) is 5.56 Å². The first-order valence-corrected chi connectivity index (χ1v) is 5.07. The second-order valence-corrected chi connectivity index (χ2v) is 3.69. The fraction of sp³-hybridized carbons (Fsp3) is 0.154. The van der Waals surface area contributed by atoms with E-state index in [9.17, 15) is 0 Å². The lowest BCUT2D eigenvalue weighted by atomic mass is 10.1. The van der Waals surface area contributed by atoms with Crippen molar-refractivity contribution in [1.29, 1.82) is 0 Å². The Kier molecular flexibility index (Phi) is 2.77. The number of methoxy groups -OCH3 is 1. The lowest BCUT2D eigenvalue weighted by Crippen LogP contribution is -1.94. The van der Waals surface area contributed by atoms with Crippen LogP contribution in [0.2, 0.25) is 0 Å². The zero-order valence-electron chi connectivity index (χ0n) is 9.40. The molecule has 82 valence electrons. The molecule has 0 aliphatic rings. The third-order valence-electron chi connectivity index (χ3n) is 2.38. The number of benzene rings is 1. The highest BCUT2D eigenvalue weighted by molar-refractivity contribution is 5.64. The summed E-state index contributed by atoms with van der Waals surface area (Å²) in [5.74, 6) is 0.538. The molecule has 0 fully saturated rings. The van der Waals surface area contributed by atoms with Crippen molar-refractivity contribution in [2.75, 3.05) is 12.8 Å². The van der Waals surface area contributed by atoms with E-state index in [1.165, 1.54) is 5.56 Å². The van der Waals surface area contributed by atoms with Crippen molar-refractivity contribution in [3.8, 4) is 17.1 Å². The molecule has 1 heterocycles. The van der Waals surface area contributed by atoms with E-state index in [1.807, 2.05) is 30.3 Å². The maximum atomic E-state index is 5.78. The number of hydrogen-bond acceptors (Lipinski definition) is 3. The van der Waals surface area contributed by atoms with Crippen LogP contribution >= 0.6 is 0 Å². The summed E-state index contributed by atoms with van der Waals surface area (Å²) in [7, 11) is 1.58. The fourth-order valence-corrected chi connectivity index (χ4v) is 1.50. The SMILES string of the molecule is COc1cc(N)cc(-c2ccc(C)cc2)n1. The van der Waals surface area contributed by atoms with Gasteiger partial charge in [-0.15, -0.1) is 0 Å². The van der Waals surface area contributed by atoms with Crippen molar-refractivity contribution in [2.24, 2.45) is 0 Å². The first-order chi connectivity index (χ1) is 7.69. The molecular weight excluding hydrogens is 200 g/mol. The Balaban J connectivity index is 2.47. The van der Waals surface area contributed by atoms with Gasteiger partial charge in [-0.25, -0.2) is 4.98 Å². The number of nitrogen functional groups attached to an aromatic ring is 1. The van der Waals surface area contributed by atoms with Gasteiger partial charge in [0.2, 0.25) is 5.88 Å². The molecule has 0 aliphatic carbocycles. The molecular formula is C13H14N2O. The van der Waals surface area contributed by atoms with E-state index in [2.05, 4.69) is 11.9 Å². The Morgan fingerprint density at radius 3 is 2.44 bits per heavy atom. The molecule has 0 unspecified atom stereocenters. The van der Waals surface area contributed by atoms with Crippen LogP contribution < -0.4 is 10.5 Å². The van der Waals surface area contributed by atoms with Crippen LogP contribution in [0.15, 0.2) is 36.4 Å². The Morgan fingerprint density at radius 2 is 1.81 bits per heavy atom. The molecule has 0 atom stereocenters. The molecule has 2 aromatic rings. The molecule has 2 N–H and O–H groups in total. The van der Waals surface area contributed by atoms with Gasteiger partial charge in [0.25, 0.3) is 0 Å². The predicted molar refractivity (Wildman–Crippen MR) is 65.4 cm³/mol. The van der Waals surface area contributed by atoms with E-state index in [4.69, 9.17) is 10.5 Å². The first-order valence-electron chi connectivity index (χ1n) is 5.07. The van der Waals surface area contributed by atoms with Gasteiger partial charge < -0.3 is 10.5 Å². The number of aromatic nitrogens is 1. The van der Waals surface area contributed by atoms with Crippen LogP contribution in [0.4, 0.5) is 5.69 Å². The van der Waals surface area contributed by atoms with Crippen LogP contribution in [0, 0.1) is 6.92 Å². The summed E-state index contributed by atoms with van der Waals surface area (Å²) in [5.41, 5.74) is 9.53. The highest BCUT2D eigenvalue weighted by atomic mass is 16.5. The lowest BCUT2D eigenvalue weighted by Gasteiger charge is -2.06. The molecule has 3 heteroatoms. The minimum absolute atomic E-state index is 0.538. The van der Waals surface area contributed by atoms with E-state index < -0.39 is 0 Å². The van der Waals surface area contributed by atoms with E-state index >= 15 is 0 Å². The van der Waals surface area contributed by atoms with Gasteiger partial charge in [0.05, 0.1) is 12.8 Å². The van der Waals surface area contributed by atoms with Crippen molar-refractivity contribution in [1.82, 2.24) is 4.98 Å². The molecule has 16 heavy (non-hydrogen) atoms. The summed E-state index contributed by atoms with van der Waals surface area (Å²) in [6.45, 7) is 2.05. The number of nitrogens with zero attached hydrogens (tertiary/aromatic N) is 1. The predicted octanol–water partition coefficient (Wildman–Crippen LogP) is 2.65. The minimum atomic E-state index is 0.538. The first kappa shape index (κ1) is 10.5. The summed E-state index contributed by atoms with van der Waals surface area (Å²) >= 11 is 0. The summed E-state index contributed by atoms with van der Waals surface area (Å²) in [6.07, 6.45) is 0. The highest BCUT2D eigenvalue weighted by Crippen LogP contribution is 2.23. The minimum Gasteiger partial charge on any atom is -0.481 e. The van der Waals surface area contributed by atoms with E-state index in [0.29, 0.717) is 11.6 Å². The molecule has 1 aromatic heterocycles. The normalized spacial score (nSPS) is 10.1. The van der Waals surface area contributed by atoms with Crippen LogP contribution in [-0.4, -0.2) is 12.1 Å². The lowest BCUT2D eigenvalue weighted by molar-refractivity contribution is 0.399. The summed E-state index contributed by atoms with van der Waals surface area (Å²) < 4.78 is 5.09. The van der Waals surface area contributed by atoms with Gasteiger partial charge in [0.1, 0.15) is 0 Å². The zero-order valence-corrected chi connectivity index (χ0v) is 9.40. The molecule has 0 saturated heterocycles. The number of anilines is 1. The second kappa shape index (κ2) is 4.23. The van der Waals surface area contributed by atoms with E-state index in [1.54, 1.807) is 13.2 Å². The van der Waals surface area contributed by atoms with Crippen LogP contribution in [-0.2, 0) is 0 Å². The van der Waals surface area contributed by atoms with E-state index in [-0.39, 0.29) is 0 Å². The number of ether oxygens (including phenoxy) is 1. The highest BCUT2D eigenvalue weighted by Gasteiger charge is 2.03. The number of rotatable bonds is 2. The van der Waals surface area contributed by atoms with Crippen molar-refractivity contribution in [2.45, 2.75) is 6.92 Å². The maximum absolute atomic E-state index is 5.78. The molecule has 3 nitrogen and oxygen atoms in total. The smallest absolute Gasteiger partial charge is 0.215 e. The van der Waals surface area contributed by atoms with Crippen molar-refractivity contribution < 1.29 is 4.74 Å². The van der Waals surface area contributed by atoms with Gasteiger partial charge in [-0.1, -0.05) is 29.8 Å². The third-order valence-corrected chi connectivity index (χ3v) is 2.38. The Hall–Kier alpha value is -2.03. The molecule has 0 aliphatic heterocycles. The summed E-state index contributed by atoms with van der Waals surface area (Å²) in [5, 5.41) is 0. The molecule has 0 saturated carbocycles. The Bertz CT molecular complexity index is 492. The Labute approximate surface area is 94.9 Å². The van der Waals surface area contributed by atoms with Crippen LogP contribution in [0.25, 0.3) is 11.3 Å². The van der Waals surface area contributed by atoms with E-state index in [0.717, 1.165) is 11.3 Å². The zero-order chi connectivity index (χ0) is 11.5. The quantitative estimate of drug-likeness (QED) is 0.836. The van der Waals surface area contributed by atoms with Gasteiger partial charge >= 0.3 is 0 Å². The largest absolute Gasteiger partial charge is 0.481 e. The molecule has 0 radical (unpaired) electrons. The fourth-order valence-electron chi connectivity index (χ4n) is 1.50. The van der Waals surface area contributed by atoms with Crippen molar-refractivity contribution in [3.05, 3.63) is 42.0 Å². The standard InChI is InChI=1S/C13H14N2O/c1-9-3-5-10(6-4-9)12-7-11(14)8-13(15-12)16-2/h3-8H,1-2H3,(H2,14,15).